The second-order valence-electron chi connectivity index (χ2n) is 6.82. The normalized spacial score (nSPS) is 28.4. The van der Waals surface area contributed by atoms with Crippen molar-refractivity contribution >= 4 is 0 Å². The van der Waals surface area contributed by atoms with Gasteiger partial charge in [-0.2, -0.15) is 0 Å². The lowest BCUT2D eigenvalue weighted by atomic mass is 9.82. The highest BCUT2D eigenvalue weighted by Crippen LogP contribution is 2.30. The first kappa shape index (κ1) is 15.5. The summed E-state index contributed by atoms with van der Waals surface area (Å²) in [6, 6.07) is 6.45. The molecule has 0 aromatic heterocycles. The molecule has 0 bridgehead atoms. The van der Waals surface area contributed by atoms with E-state index in [2.05, 4.69) is 45.9 Å². The number of hydrogen-bond acceptors (Lipinski definition) is 2. The first-order valence-corrected chi connectivity index (χ1v) is 7.90. The van der Waals surface area contributed by atoms with Crippen molar-refractivity contribution in [1.82, 2.24) is 0 Å². The Morgan fingerprint density at radius 2 is 1.75 bits per heavy atom. The summed E-state index contributed by atoms with van der Waals surface area (Å²) in [6.07, 6.45) is 4.10. The Labute approximate surface area is 123 Å². The van der Waals surface area contributed by atoms with Gasteiger partial charge in [-0.25, -0.2) is 0 Å². The second kappa shape index (κ2) is 6.73. The molecule has 3 atom stereocenters. The van der Waals surface area contributed by atoms with Gasteiger partial charge in [0, 0.05) is 0 Å². The van der Waals surface area contributed by atoms with Crippen molar-refractivity contribution in [1.29, 1.82) is 0 Å². The molecule has 0 spiro atoms. The van der Waals surface area contributed by atoms with Crippen molar-refractivity contribution in [2.45, 2.75) is 59.1 Å². The SMILES string of the molecule is Cc1ccc(C(N)COC2CC(C)CC(C)C2)cc1C. The van der Waals surface area contributed by atoms with Crippen LogP contribution in [-0.2, 0) is 4.74 Å². The van der Waals surface area contributed by atoms with E-state index in [1.807, 2.05) is 0 Å². The lowest BCUT2D eigenvalue weighted by molar-refractivity contribution is -0.00527. The molecule has 2 nitrogen and oxygen atoms in total. The highest BCUT2D eigenvalue weighted by molar-refractivity contribution is 5.31. The number of benzene rings is 1. The Kier molecular flexibility index (Phi) is 5.22. The average Bonchev–Trinajstić information content (AvgIpc) is 2.38. The monoisotopic (exact) mass is 275 g/mol. The summed E-state index contributed by atoms with van der Waals surface area (Å²) in [6.45, 7) is 9.56. The zero-order chi connectivity index (χ0) is 14.7. The van der Waals surface area contributed by atoms with E-state index >= 15 is 0 Å². The Morgan fingerprint density at radius 3 is 2.35 bits per heavy atom. The molecule has 1 aliphatic carbocycles. The van der Waals surface area contributed by atoms with Gasteiger partial charge in [-0.1, -0.05) is 32.0 Å². The molecule has 2 rings (SSSR count). The molecule has 0 heterocycles. The smallest absolute Gasteiger partial charge is 0.0663 e. The van der Waals surface area contributed by atoms with Crippen molar-refractivity contribution in [3.8, 4) is 0 Å². The lowest BCUT2D eigenvalue weighted by Gasteiger charge is -2.32. The van der Waals surface area contributed by atoms with E-state index in [-0.39, 0.29) is 6.04 Å². The Hall–Kier alpha value is -0.860. The van der Waals surface area contributed by atoms with E-state index in [1.54, 1.807) is 0 Å². The summed E-state index contributed by atoms with van der Waals surface area (Å²) in [4.78, 5) is 0. The Morgan fingerprint density at radius 1 is 1.10 bits per heavy atom. The molecular weight excluding hydrogens is 246 g/mol. The minimum Gasteiger partial charge on any atom is -0.376 e. The van der Waals surface area contributed by atoms with E-state index in [0.29, 0.717) is 12.7 Å². The van der Waals surface area contributed by atoms with Gasteiger partial charge in [0.15, 0.2) is 0 Å². The van der Waals surface area contributed by atoms with Gasteiger partial charge in [0.2, 0.25) is 0 Å². The number of aryl methyl sites for hydroxylation is 2. The van der Waals surface area contributed by atoms with Gasteiger partial charge >= 0.3 is 0 Å². The molecule has 2 heteroatoms. The molecule has 112 valence electrons. The highest BCUT2D eigenvalue weighted by atomic mass is 16.5. The number of hydrogen-bond donors (Lipinski definition) is 1. The second-order valence-corrected chi connectivity index (χ2v) is 6.82. The zero-order valence-electron chi connectivity index (χ0n) is 13.4. The van der Waals surface area contributed by atoms with Gasteiger partial charge in [-0.3, -0.25) is 0 Å². The van der Waals surface area contributed by atoms with Crippen molar-refractivity contribution in [3.63, 3.8) is 0 Å². The Balaban J connectivity index is 1.88. The number of rotatable bonds is 4. The lowest BCUT2D eigenvalue weighted by Crippen LogP contribution is -2.29. The molecule has 1 aliphatic rings. The van der Waals surface area contributed by atoms with Gasteiger partial charge < -0.3 is 10.5 Å². The Bertz CT molecular complexity index is 433. The fourth-order valence-electron chi connectivity index (χ4n) is 3.34. The summed E-state index contributed by atoms with van der Waals surface area (Å²) in [5.74, 6) is 1.56. The van der Waals surface area contributed by atoms with Crippen LogP contribution in [0.4, 0.5) is 0 Å². The van der Waals surface area contributed by atoms with Crippen LogP contribution in [0.15, 0.2) is 18.2 Å². The van der Waals surface area contributed by atoms with Crippen LogP contribution in [0.2, 0.25) is 0 Å². The number of ether oxygens (including phenoxy) is 1. The van der Waals surface area contributed by atoms with Crippen molar-refractivity contribution in [2.75, 3.05) is 6.61 Å². The summed E-state index contributed by atoms with van der Waals surface area (Å²) < 4.78 is 6.09. The van der Waals surface area contributed by atoms with Crippen molar-refractivity contribution in [3.05, 3.63) is 34.9 Å². The maximum Gasteiger partial charge on any atom is 0.0663 e. The highest BCUT2D eigenvalue weighted by Gasteiger charge is 2.24. The molecule has 2 N–H and O–H groups in total. The quantitative estimate of drug-likeness (QED) is 0.896. The maximum absolute atomic E-state index is 6.28. The molecule has 0 saturated heterocycles. The van der Waals surface area contributed by atoms with Gasteiger partial charge in [0.1, 0.15) is 0 Å². The third kappa shape index (κ3) is 4.07. The van der Waals surface area contributed by atoms with Crippen LogP contribution in [0.25, 0.3) is 0 Å². The molecular formula is C18H29NO. The number of nitrogens with two attached hydrogens (primary N) is 1. The van der Waals surface area contributed by atoms with Crippen LogP contribution in [0.3, 0.4) is 0 Å². The van der Waals surface area contributed by atoms with Gasteiger partial charge in [-0.05, 0) is 61.6 Å². The summed E-state index contributed by atoms with van der Waals surface area (Å²) in [7, 11) is 0. The van der Waals surface area contributed by atoms with Gasteiger partial charge in [0.25, 0.3) is 0 Å². The first-order valence-electron chi connectivity index (χ1n) is 7.90. The topological polar surface area (TPSA) is 35.2 Å². The molecule has 0 amide bonds. The summed E-state index contributed by atoms with van der Waals surface area (Å²) in [5.41, 5.74) is 10.1. The largest absolute Gasteiger partial charge is 0.376 e. The summed E-state index contributed by atoms with van der Waals surface area (Å²) in [5, 5.41) is 0. The van der Waals surface area contributed by atoms with Crippen LogP contribution in [-0.4, -0.2) is 12.7 Å². The van der Waals surface area contributed by atoms with Gasteiger partial charge in [0.05, 0.1) is 18.8 Å². The average molecular weight is 275 g/mol. The predicted octanol–water partition coefficient (Wildman–Crippen LogP) is 4.14. The van der Waals surface area contributed by atoms with Crippen LogP contribution >= 0.6 is 0 Å². The third-order valence-electron chi connectivity index (χ3n) is 4.61. The molecule has 1 aromatic rings. The van der Waals surface area contributed by atoms with Crippen LogP contribution < -0.4 is 5.73 Å². The fraction of sp³-hybridized carbons (Fsp3) is 0.667. The summed E-state index contributed by atoms with van der Waals surface area (Å²) >= 11 is 0. The molecule has 0 radical (unpaired) electrons. The molecule has 20 heavy (non-hydrogen) atoms. The molecule has 1 aromatic carbocycles. The fourth-order valence-corrected chi connectivity index (χ4v) is 3.34. The van der Waals surface area contributed by atoms with Crippen molar-refractivity contribution in [2.24, 2.45) is 17.6 Å². The predicted molar refractivity (Wildman–Crippen MR) is 84.8 cm³/mol. The maximum atomic E-state index is 6.28. The molecule has 1 fully saturated rings. The first-order chi connectivity index (χ1) is 9.45. The van der Waals surface area contributed by atoms with E-state index < -0.39 is 0 Å². The van der Waals surface area contributed by atoms with Crippen LogP contribution in [0.5, 0.6) is 0 Å². The standard InChI is InChI=1S/C18H29NO/c1-12-7-13(2)9-17(8-12)20-11-18(19)16-6-5-14(3)15(4)10-16/h5-6,10,12-13,17-18H,7-9,11,19H2,1-4H3. The molecule has 0 aliphatic heterocycles. The zero-order valence-corrected chi connectivity index (χ0v) is 13.4. The third-order valence-corrected chi connectivity index (χ3v) is 4.61. The minimum absolute atomic E-state index is 0.0122. The minimum atomic E-state index is -0.0122. The van der Waals surface area contributed by atoms with Crippen LogP contribution in [0, 0.1) is 25.7 Å². The van der Waals surface area contributed by atoms with E-state index in [4.69, 9.17) is 10.5 Å². The van der Waals surface area contributed by atoms with Crippen LogP contribution in [0.1, 0.15) is 55.8 Å². The van der Waals surface area contributed by atoms with Gasteiger partial charge in [-0.15, -0.1) is 0 Å². The van der Waals surface area contributed by atoms with E-state index in [9.17, 15) is 0 Å². The van der Waals surface area contributed by atoms with E-state index in [1.165, 1.54) is 36.0 Å². The molecule has 3 unspecified atom stereocenters. The molecule has 1 saturated carbocycles. The van der Waals surface area contributed by atoms with Crippen molar-refractivity contribution < 1.29 is 4.74 Å². The van der Waals surface area contributed by atoms with E-state index in [0.717, 1.165) is 11.8 Å².